The van der Waals surface area contributed by atoms with E-state index in [1.165, 1.54) is 30.7 Å². The Hall–Kier alpha value is -2.29. The molecule has 156 valence electrons. The van der Waals surface area contributed by atoms with E-state index in [0.29, 0.717) is 48.0 Å². The van der Waals surface area contributed by atoms with Crippen molar-refractivity contribution in [2.24, 2.45) is 0 Å². The highest BCUT2D eigenvalue weighted by molar-refractivity contribution is 7.89. The first-order valence-electron chi connectivity index (χ1n) is 9.14. The molecule has 1 fully saturated rings. The molecule has 2 aromatic rings. The van der Waals surface area contributed by atoms with Crippen molar-refractivity contribution >= 4 is 27.5 Å². The first kappa shape index (κ1) is 21.4. The lowest BCUT2D eigenvalue weighted by atomic mass is 10.1. The fourth-order valence-corrected chi connectivity index (χ4v) is 4.92. The molecule has 0 radical (unpaired) electrons. The summed E-state index contributed by atoms with van der Waals surface area (Å²) in [6, 6.07) is 11.1. The van der Waals surface area contributed by atoms with E-state index in [-0.39, 0.29) is 16.8 Å². The summed E-state index contributed by atoms with van der Waals surface area (Å²) in [4.78, 5) is 13.0. The van der Waals surface area contributed by atoms with Gasteiger partial charge in [-0.25, -0.2) is 8.42 Å². The van der Waals surface area contributed by atoms with Crippen LogP contribution in [0.15, 0.2) is 47.4 Å². The minimum absolute atomic E-state index is 0.145. The van der Waals surface area contributed by atoms with Gasteiger partial charge in [-0.2, -0.15) is 4.31 Å². The van der Waals surface area contributed by atoms with Crippen LogP contribution in [-0.4, -0.2) is 52.0 Å². The van der Waals surface area contributed by atoms with Crippen LogP contribution in [0.5, 0.6) is 11.5 Å². The summed E-state index contributed by atoms with van der Waals surface area (Å²) >= 11 is 5.84. The predicted molar refractivity (Wildman–Crippen MR) is 110 cm³/mol. The largest absolute Gasteiger partial charge is 0.496 e. The fourth-order valence-electron chi connectivity index (χ4n) is 3.33. The van der Waals surface area contributed by atoms with E-state index in [9.17, 15) is 13.2 Å². The van der Waals surface area contributed by atoms with Crippen LogP contribution in [0.1, 0.15) is 23.2 Å². The Morgan fingerprint density at radius 3 is 2.10 bits per heavy atom. The lowest BCUT2D eigenvalue weighted by Gasteiger charge is -2.31. The van der Waals surface area contributed by atoms with E-state index in [2.05, 4.69) is 5.32 Å². The number of piperidine rings is 1. The van der Waals surface area contributed by atoms with Gasteiger partial charge in [0.15, 0.2) is 0 Å². The summed E-state index contributed by atoms with van der Waals surface area (Å²) < 4.78 is 37.5. The number of carbonyl (C=O) groups excluding carboxylic acids is 1. The molecule has 0 atom stereocenters. The number of ether oxygens (including phenoxy) is 2. The number of nitrogens with zero attached hydrogens (tertiary/aromatic N) is 1. The van der Waals surface area contributed by atoms with Gasteiger partial charge in [0.25, 0.3) is 5.91 Å². The van der Waals surface area contributed by atoms with Gasteiger partial charge in [-0.05, 0) is 49.2 Å². The maximum absolute atomic E-state index is 12.8. The maximum atomic E-state index is 12.8. The van der Waals surface area contributed by atoms with E-state index in [0.717, 1.165) is 0 Å². The summed E-state index contributed by atoms with van der Waals surface area (Å²) in [6.07, 6.45) is 1.02. The average molecular weight is 439 g/mol. The van der Waals surface area contributed by atoms with Crippen LogP contribution in [0.3, 0.4) is 0 Å². The van der Waals surface area contributed by atoms with Gasteiger partial charge in [-0.3, -0.25) is 4.79 Å². The average Bonchev–Trinajstić information content (AvgIpc) is 2.73. The standard InChI is InChI=1S/C20H23ClN2O5S/c1-27-17-4-3-5-18(28-2)19(17)20(24)22-15-10-12-23(13-11-15)29(25,26)16-8-6-14(21)7-9-16/h3-9,15H,10-13H2,1-2H3,(H,22,24). The molecule has 2 aromatic carbocycles. The van der Waals surface area contributed by atoms with Crippen molar-refractivity contribution < 1.29 is 22.7 Å². The Bertz CT molecular complexity index is 949. The van der Waals surface area contributed by atoms with Crippen LogP contribution in [0, 0.1) is 0 Å². The van der Waals surface area contributed by atoms with Crippen LogP contribution in [0.4, 0.5) is 0 Å². The summed E-state index contributed by atoms with van der Waals surface area (Å²) in [5, 5.41) is 3.45. The van der Waals surface area contributed by atoms with Crippen LogP contribution >= 0.6 is 11.6 Å². The van der Waals surface area contributed by atoms with Crippen LogP contribution < -0.4 is 14.8 Å². The molecule has 1 amide bonds. The number of rotatable bonds is 6. The topological polar surface area (TPSA) is 84.9 Å². The number of nitrogens with one attached hydrogen (secondary N) is 1. The zero-order valence-corrected chi connectivity index (χ0v) is 17.8. The predicted octanol–water partition coefficient (Wildman–Crippen LogP) is 2.94. The molecule has 0 aromatic heterocycles. The molecule has 0 saturated carbocycles. The molecule has 9 heteroatoms. The molecule has 7 nitrogen and oxygen atoms in total. The van der Waals surface area contributed by atoms with Crippen molar-refractivity contribution in [3.63, 3.8) is 0 Å². The van der Waals surface area contributed by atoms with Crippen molar-refractivity contribution in [1.29, 1.82) is 0 Å². The molecule has 0 aliphatic carbocycles. The van der Waals surface area contributed by atoms with E-state index >= 15 is 0 Å². The quantitative estimate of drug-likeness (QED) is 0.749. The Kier molecular flexibility index (Phi) is 6.66. The molecule has 29 heavy (non-hydrogen) atoms. The van der Waals surface area contributed by atoms with Crippen molar-refractivity contribution in [3.8, 4) is 11.5 Å². The normalized spacial score (nSPS) is 15.7. The van der Waals surface area contributed by atoms with E-state index in [1.807, 2.05) is 0 Å². The Labute approximate surface area is 175 Å². The molecule has 1 saturated heterocycles. The van der Waals surface area contributed by atoms with Gasteiger partial charge < -0.3 is 14.8 Å². The van der Waals surface area contributed by atoms with E-state index in [4.69, 9.17) is 21.1 Å². The Morgan fingerprint density at radius 2 is 1.59 bits per heavy atom. The van der Waals surface area contributed by atoms with Crippen LogP contribution in [0.25, 0.3) is 0 Å². The molecular formula is C20H23ClN2O5S. The summed E-state index contributed by atoms with van der Waals surface area (Å²) in [7, 11) is -0.599. The van der Waals surface area contributed by atoms with Crippen molar-refractivity contribution in [2.45, 2.75) is 23.8 Å². The van der Waals surface area contributed by atoms with Crippen LogP contribution in [-0.2, 0) is 10.0 Å². The second kappa shape index (κ2) is 9.02. The van der Waals surface area contributed by atoms with Gasteiger partial charge in [0.2, 0.25) is 10.0 Å². The lowest BCUT2D eigenvalue weighted by Crippen LogP contribution is -2.46. The molecule has 1 aliphatic rings. The van der Waals surface area contributed by atoms with Crippen molar-refractivity contribution in [2.75, 3.05) is 27.3 Å². The second-order valence-electron chi connectivity index (χ2n) is 6.64. The number of carbonyl (C=O) groups is 1. The third kappa shape index (κ3) is 4.66. The highest BCUT2D eigenvalue weighted by Gasteiger charge is 2.30. The highest BCUT2D eigenvalue weighted by Crippen LogP contribution is 2.29. The van der Waals surface area contributed by atoms with Gasteiger partial charge in [-0.15, -0.1) is 0 Å². The zero-order chi connectivity index (χ0) is 21.0. The Morgan fingerprint density at radius 1 is 1.03 bits per heavy atom. The smallest absolute Gasteiger partial charge is 0.259 e. The second-order valence-corrected chi connectivity index (χ2v) is 9.02. The molecule has 1 aliphatic heterocycles. The molecular weight excluding hydrogens is 416 g/mol. The maximum Gasteiger partial charge on any atom is 0.259 e. The Balaban J connectivity index is 1.66. The number of amides is 1. The number of halogens is 1. The lowest BCUT2D eigenvalue weighted by molar-refractivity contribution is 0.0917. The van der Waals surface area contributed by atoms with Crippen LogP contribution in [0.2, 0.25) is 5.02 Å². The van der Waals surface area contributed by atoms with Gasteiger partial charge in [0, 0.05) is 24.2 Å². The first-order chi connectivity index (χ1) is 13.9. The number of sulfonamides is 1. The molecule has 1 N–H and O–H groups in total. The van der Waals surface area contributed by atoms with Gasteiger partial charge in [0.1, 0.15) is 17.1 Å². The SMILES string of the molecule is COc1cccc(OC)c1C(=O)NC1CCN(S(=O)(=O)c2ccc(Cl)cc2)CC1. The molecule has 0 unspecified atom stereocenters. The number of methoxy groups -OCH3 is 2. The molecule has 0 spiro atoms. The number of hydrogen-bond donors (Lipinski definition) is 1. The fraction of sp³-hybridized carbons (Fsp3) is 0.350. The summed E-state index contributed by atoms with van der Waals surface area (Å²) in [6.45, 7) is 0.637. The highest BCUT2D eigenvalue weighted by atomic mass is 35.5. The zero-order valence-electron chi connectivity index (χ0n) is 16.2. The summed E-state index contributed by atoms with van der Waals surface area (Å²) in [5.74, 6) is 0.535. The number of hydrogen-bond acceptors (Lipinski definition) is 5. The minimum atomic E-state index is -3.58. The number of benzene rings is 2. The monoisotopic (exact) mass is 438 g/mol. The molecule has 3 rings (SSSR count). The summed E-state index contributed by atoms with van der Waals surface area (Å²) in [5.41, 5.74) is 0.328. The van der Waals surface area contributed by atoms with Gasteiger partial charge >= 0.3 is 0 Å². The van der Waals surface area contributed by atoms with Crippen molar-refractivity contribution in [1.82, 2.24) is 9.62 Å². The minimum Gasteiger partial charge on any atom is -0.496 e. The van der Waals surface area contributed by atoms with Gasteiger partial charge in [0.05, 0.1) is 19.1 Å². The third-order valence-corrected chi connectivity index (χ3v) is 7.06. The first-order valence-corrected chi connectivity index (χ1v) is 11.0. The third-order valence-electron chi connectivity index (χ3n) is 4.90. The van der Waals surface area contributed by atoms with E-state index in [1.54, 1.807) is 30.3 Å². The molecule has 0 bridgehead atoms. The molecule has 1 heterocycles. The van der Waals surface area contributed by atoms with Gasteiger partial charge in [-0.1, -0.05) is 17.7 Å². The van der Waals surface area contributed by atoms with Crippen molar-refractivity contribution in [3.05, 3.63) is 53.1 Å². The van der Waals surface area contributed by atoms with E-state index < -0.39 is 10.0 Å².